The van der Waals surface area contributed by atoms with E-state index in [0.717, 1.165) is 26.2 Å². The number of likely N-dealkylation sites (N-methyl/N-ethyl adjacent to an activating group) is 1. The van der Waals surface area contributed by atoms with Gasteiger partial charge in [0, 0.05) is 19.1 Å². The Morgan fingerprint density at radius 3 is 2.92 bits per heavy atom. The van der Waals surface area contributed by atoms with Gasteiger partial charge < -0.3 is 10.2 Å². The van der Waals surface area contributed by atoms with Crippen molar-refractivity contribution < 1.29 is 4.39 Å². The Morgan fingerprint density at radius 2 is 2.38 bits per heavy atom. The Labute approximate surface area is 80.5 Å². The first kappa shape index (κ1) is 10.9. The number of hydrogen-bond donors (Lipinski definition) is 1. The molecule has 1 atom stereocenters. The van der Waals surface area contributed by atoms with Gasteiger partial charge in [-0.3, -0.25) is 4.39 Å². The second-order valence-corrected chi connectivity index (χ2v) is 3.73. The molecule has 0 spiro atoms. The van der Waals surface area contributed by atoms with Gasteiger partial charge in [-0.25, -0.2) is 0 Å². The van der Waals surface area contributed by atoms with Crippen molar-refractivity contribution in [3.63, 3.8) is 0 Å². The molecule has 1 unspecified atom stereocenters. The number of halogens is 1. The zero-order valence-corrected chi connectivity index (χ0v) is 8.56. The van der Waals surface area contributed by atoms with Crippen molar-refractivity contribution in [1.82, 2.24) is 10.2 Å². The Bertz CT molecular complexity index is 124. The fourth-order valence-electron chi connectivity index (χ4n) is 1.89. The lowest BCUT2D eigenvalue weighted by Crippen LogP contribution is -2.38. The first-order valence-corrected chi connectivity index (χ1v) is 5.38. The standard InChI is InChI=1S/C10H21FN2/c1-2-13(8-4-6-11)9-10-5-3-7-12-10/h10,12H,2-9H2,1H3. The third-order valence-corrected chi connectivity index (χ3v) is 2.70. The molecule has 0 radical (unpaired) electrons. The Balaban J connectivity index is 2.13. The van der Waals surface area contributed by atoms with Crippen LogP contribution in [0.2, 0.25) is 0 Å². The van der Waals surface area contributed by atoms with E-state index < -0.39 is 0 Å². The molecule has 13 heavy (non-hydrogen) atoms. The summed E-state index contributed by atoms with van der Waals surface area (Å²) >= 11 is 0. The summed E-state index contributed by atoms with van der Waals surface area (Å²) < 4.78 is 12.0. The number of nitrogens with one attached hydrogen (secondary N) is 1. The largest absolute Gasteiger partial charge is 0.313 e. The van der Waals surface area contributed by atoms with Gasteiger partial charge in [0.15, 0.2) is 0 Å². The molecule has 0 saturated carbocycles. The monoisotopic (exact) mass is 188 g/mol. The van der Waals surface area contributed by atoms with Crippen LogP contribution >= 0.6 is 0 Å². The lowest BCUT2D eigenvalue weighted by molar-refractivity contribution is 0.248. The van der Waals surface area contributed by atoms with Crippen LogP contribution < -0.4 is 5.32 Å². The molecule has 1 aliphatic heterocycles. The van der Waals surface area contributed by atoms with Gasteiger partial charge >= 0.3 is 0 Å². The van der Waals surface area contributed by atoms with Gasteiger partial charge in [0.1, 0.15) is 0 Å². The van der Waals surface area contributed by atoms with Crippen LogP contribution in [-0.4, -0.2) is 43.8 Å². The molecule has 0 aromatic rings. The highest BCUT2D eigenvalue weighted by atomic mass is 19.1. The lowest BCUT2D eigenvalue weighted by Gasteiger charge is -2.23. The zero-order valence-electron chi connectivity index (χ0n) is 8.56. The quantitative estimate of drug-likeness (QED) is 0.678. The van der Waals surface area contributed by atoms with E-state index in [4.69, 9.17) is 0 Å². The minimum Gasteiger partial charge on any atom is -0.313 e. The van der Waals surface area contributed by atoms with E-state index in [1.807, 2.05) is 0 Å². The minimum absolute atomic E-state index is 0.186. The molecule has 0 aromatic heterocycles. The summed E-state index contributed by atoms with van der Waals surface area (Å²) in [6.07, 6.45) is 3.26. The first-order chi connectivity index (χ1) is 6.36. The lowest BCUT2D eigenvalue weighted by atomic mass is 10.2. The van der Waals surface area contributed by atoms with Crippen molar-refractivity contribution in [2.45, 2.75) is 32.2 Å². The maximum Gasteiger partial charge on any atom is 0.0906 e. The van der Waals surface area contributed by atoms with E-state index in [1.165, 1.54) is 12.8 Å². The molecular formula is C10H21FN2. The summed E-state index contributed by atoms with van der Waals surface area (Å²) in [7, 11) is 0. The molecule has 2 nitrogen and oxygen atoms in total. The second-order valence-electron chi connectivity index (χ2n) is 3.73. The van der Waals surface area contributed by atoms with Crippen molar-refractivity contribution in [2.75, 3.05) is 32.9 Å². The van der Waals surface area contributed by atoms with Gasteiger partial charge in [0.2, 0.25) is 0 Å². The maximum atomic E-state index is 12.0. The Morgan fingerprint density at radius 1 is 1.54 bits per heavy atom. The van der Waals surface area contributed by atoms with Crippen molar-refractivity contribution in [3.05, 3.63) is 0 Å². The molecule has 0 aliphatic carbocycles. The third-order valence-electron chi connectivity index (χ3n) is 2.70. The van der Waals surface area contributed by atoms with Crippen molar-refractivity contribution >= 4 is 0 Å². The van der Waals surface area contributed by atoms with Gasteiger partial charge in [0.05, 0.1) is 6.67 Å². The van der Waals surface area contributed by atoms with Crippen LogP contribution in [0.15, 0.2) is 0 Å². The van der Waals surface area contributed by atoms with Gasteiger partial charge in [-0.15, -0.1) is 0 Å². The Kier molecular flexibility index (Phi) is 5.32. The fraction of sp³-hybridized carbons (Fsp3) is 1.00. The highest BCUT2D eigenvalue weighted by Crippen LogP contribution is 2.07. The highest BCUT2D eigenvalue weighted by molar-refractivity contribution is 4.77. The number of hydrogen-bond acceptors (Lipinski definition) is 2. The summed E-state index contributed by atoms with van der Waals surface area (Å²) in [4.78, 5) is 2.34. The fourth-order valence-corrected chi connectivity index (χ4v) is 1.89. The summed E-state index contributed by atoms with van der Waals surface area (Å²) in [6.45, 7) is 6.16. The van der Waals surface area contributed by atoms with E-state index >= 15 is 0 Å². The maximum absolute atomic E-state index is 12.0. The van der Waals surface area contributed by atoms with Gasteiger partial charge in [-0.2, -0.15) is 0 Å². The van der Waals surface area contributed by atoms with Crippen LogP contribution in [0.4, 0.5) is 4.39 Å². The molecule has 1 fully saturated rings. The second kappa shape index (κ2) is 6.33. The van der Waals surface area contributed by atoms with Crippen molar-refractivity contribution in [3.8, 4) is 0 Å². The van der Waals surface area contributed by atoms with Crippen LogP contribution in [0.3, 0.4) is 0 Å². The smallest absolute Gasteiger partial charge is 0.0906 e. The van der Waals surface area contributed by atoms with Crippen LogP contribution in [0.25, 0.3) is 0 Å². The summed E-state index contributed by atoms with van der Waals surface area (Å²) in [5.74, 6) is 0. The molecule has 1 N–H and O–H groups in total. The molecule has 1 saturated heterocycles. The van der Waals surface area contributed by atoms with Crippen LogP contribution in [0.5, 0.6) is 0 Å². The molecule has 3 heteroatoms. The predicted octanol–water partition coefficient (Wildman–Crippen LogP) is 1.42. The molecule has 1 aliphatic rings. The molecule has 0 aromatic carbocycles. The molecule has 0 bridgehead atoms. The average Bonchev–Trinajstić information content (AvgIpc) is 2.64. The molecule has 78 valence electrons. The zero-order chi connectivity index (χ0) is 9.52. The third kappa shape index (κ3) is 4.05. The average molecular weight is 188 g/mol. The van der Waals surface area contributed by atoms with Gasteiger partial charge in [0.25, 0.3) is 0 Å². The minimum atomic E-state index is -0.186. The summed E-state index contributed by atoms with van der Waals surface area (Å²) in [6, 6.07) is 0.652. The van der Waals surface area contributed by atoms with E-state index in [2.05, 4.69) is 17.1 Å². The number of rotatable bonds is 6. The molecule has 1 heterocycles. The SMILES string of the molecule is CCN(CCCF)CC1CCCN1. The first-order valence-electron chi connectivity index (χ1n) is 5.38. The number of alkyl halides is 1. The Hall–Kier alpha value is -0.150. The normalized spacial score (nSPS) is 22.8. The van der Waals surface area contributed by atoms with E-state index in [1.54, 1.807) is 0 Å². The molecule has 0 amide bonds. The van der Waals surface area contributed by atoms with Crippen molar-refractivity contribution in [2.24, 2.45) is 0 Å². The summed E-state index contributed by atoms with van der Waals surface area (Å²) in [5.41, 5.74) is 0. The van der Waals surface area contributed by atoms with Gasteiger partial charge in [-0.1, -0.05) is 6.92 Å². The van der Waals surface area contributed by atoms with E-state index in [9.17, 15) is 4.39 Å². The topological polar surface area (TPSA) is 15.3 Å². The van der Waals surface area contributed by atoms with Crippen LogP contribution in [0.1, 0.15) is 26.2 Å². The van der Waals surface area contributed by atoms with Gasteiger partial charge in [-0.05, 0) is 32.4 Å². The van der Waals surface area contributed by atoms with Crippen LogP contribution in [0, 0.1) is 0 Å². The molecule has 1 rings (SSSR count). The van der Waals surface area contributed by atoms with Crippen LogP contribution in [-0.2, 0) is 0 Å². The van der Waals surface area contributed by atoms with E-state index in [0.29, 0.717) is 12.5 Å². The van der Waals surface area contributed by atoms with E-state index in [-0.39, 0.29) is 6.67 Å². The highest BCUT2D eigenvalue weighted by Gasteiger charge is 2.16. The molecular weight excluding hydrogens is 167 g/mol. The predicted molar refractivity (Wildman–Crippen MR) is 53.7 cm³/mol. The number of nitrogens with zero attached hydrogens (tertiary/aromatic N) is 1. The summed E-state index contributed by atoms with van der Waals surface area (Å²) in [5, 5.41) is 3.46. The van der Waals surface area contributed by atoms with Crippen molar-refractivity contribution in [1.29, 1.82) is 0 Å².